The second-order valence-electron chi connectivity index (χ2n) is 6.10. The van der Waals surface area contributed by atoms with Crippen molar-refractivity contribution >= 4 is 11.9 Å². The fourth-order valence-electron chi connectivity index (χ4n) is 3.12. The number of aryl methyl sites for hydroxylation is 1. The number of carbonyl (C=O) groups excluding carboxylic acids is 1. The summed E-state index contributed by atoms with van der Waals surface area (Å²) in [7, 11) is 1.56. The van der Waals surface area contributed by atoms with Gasteiger partial charge in [-0.25, -0.2) is 4.98 Å². The van der Waals surface area contributed by atoms with Gasteiger partial charge in [-0.1, -0.05) is 18.2 Å². The van der Waals surface area contributed by atoms with E-state index >= 15 is 0 Å². The number of aliphatic carboxylic acids is 1. The van der Waals surface area contributed by atoms with Crippen molar-refractivity contribution in [1.82, 2.24) is 9.88 Å². The Hall–Kier alpha value is -2.67. The van der Waals surface area contributed by atoms with Crippen molar-refractivity contribution in [2.24, 2.45) is 0 Å². The van der Waals surface area contributed by atoms with E-state index in [1.165, 1.54) is 4.90 Å². The van der Waals surface area contributed by atoms with Gasteiger partial charge in [0.05, 0.1) is 18.2 Å². The van der Waals surface area contributed by atoms with Crippen LogP contribution in [0.4, 0.5) is 0 Å². The van der Waals surface area contributed by atoms with Crippen LogP contribution < -0.4 is 0 Å². The average Bonchev–Trinajstić information content (AvgIpc) is 3.18. The number of hydrogen-bond donors (Lipinski definition) is 1. The molecule has 3 rings (SSSR count). The molecule has 1 saturated heterocycles. The van der Waals surface area contributed by atoms with Gasteiger partial charge in [0.15, 0.2) is 0 Å². The topological polar surface area (TPSA) is 92.9 Å². The van der Waals surface area contributed by atoms with Gasteiger partial charge in [0.2, 0.25) is 11.7 Å². The lowest BCUT2D eigenvalue weighted by molar-refractivity contribution is -0.138. The first kappa shape index (κ1) is 17.2. The molecule has 0 bridgehead atoms. The molecule has 2 unspecified atom stereocenters. The van der Waals surface area contributed by atoms with Crippen LogP contribution in [0.15, 0.2) is 34.7 Å². The Bertz CT molecular complexity index is 771. The summed E-state index contributed by atoms with van der Waals surface area (Å²) in [6, 6.07) is 8.90. The van der Waals surface area contributed by atoms with Crippen LogP contribution in [0, 0.1) is 6.92 Å². The SMILES string of the molecule is COC1CC(CC(=O)O)N(C(=O)c2oc(-c3ccccc3)nc2C)C1. The van der Waals surface area contributed by atoms with Crippen molar-refractivity contribution in [1.29, 1.82) is 0 Å². The molecule has 7 nitrogen and oxygen atoms in total. The normalized spacial score (nSPS) is 20.0. The molecular weight excluding hydrogens is 324 g/mol. The molecule has 0 spiro atoms. The quantitative estimate of drug-likeness (QED) is 0.895. The van der Waals surface area contributed by atoms with E-state index in [0.29, 0.717) is 24.6 Å². The smallest absolute Gasteiger partial charge is 0.305 e. The lowest BCUT2D eigenvalue weighted by atomic mass is 10.1. The Kier molecular flexibility index (Phi) is 4.85. The average molecular weight is 344 g/mol. The van der Waals surface area contributed by atoms with E-state index in [1.807, 2.05) is 30.3 Å². The molecule has 1 aromatic carbocycles. The lowest BCUT2D eigenvalue weighted by Crippen LogP contribution is -2.37. The Balaban J connectivity index is 1.87. The maximum atomic E-state index is 12.9. The first-order valence-electron chi connectivity index (χ1n) is 8.08. The summed E-state index contributed by atoms with van der Waals surface area (Å²) in [6.07, 6.45) is 0.197. The maximum absolute atomic E-state index is 12.9. The molecule has 0 aliphatic carbocycles. The maximum Gasteiger partial charge on any atom is 0.305 e. The van der Waals surface area contributed by atoms with Crippen LogP contribution in [-0.2, 0) is 9.53 Å². The Labute approximate surface area is 145 Å². The minimum Gasteiger partial charge on any atom is -0.481 e. The van der Waals surface area contributed by atoms with Gasteiger partial charge in [0, 0.05) is 25.3 Å². The Morgan fingerprint density at radius 2 is 2.08 bits per heavy atom. The summed E-state index contributed by atoms with van der Waals surface area (Å²) in [4.78, 5) is 29.9. The van der Waals surface area contributed by atoms with E-state index in [0.717, 1.165) is 5.56 Å². The van der Waals surface area contributed by atoms with Crippen LogP contribution in [-0.4, -0.2) is 52.7 Å². The number of nitrogens with zero attached hydrogens (tertiary/aromatic N) is 2. The second-order valence-corrected chi connectivity index (χ2v) is 6.10. The molecule has 1 aliphatic rings. The van der Waals surface area contributed by atoms with Crippen LogP contribution >= 0.6 is 0 Å². The number of likely N-dealkylation sites (tertiary alicyclic amines) is 1. The number of aromatic nitrogens is 1. The molecule has 2 atom stereocenters. The third-order valence-electron chi connectivity index (χ3n) is 4.39. The summed E-state index contributed by atoms with van der Waals surface area (Å²) in [5.41, 5.74) is 1.27. The van der Waals surface area contributed by atoms with Gasteiger partial charge in [-0.05, 0) is 25.5 Å². The number of carbonyl (C=O) groups is 2. The van der Waals surface area contributed by atoms with Crippen LogP contribution in [0.3, 0.4) is 0 Å². The molecular formula is C18H20N2O5. The highest BCUT2D eigenvalue weighted by Gasteiger charge is 2.38. The van der Waals surface area contributed by atoms with E-state index in [9.17, 15) is 9.59 Å². The second kappa shape index (κ2) is 7.06. The zero-order chi connectivity index (χ0) is 18.0. The molecule has 0 radical (unpaired) electrons. The number of oxazole rings is 1. The summed E-state index contributed by atoms with van der Waals surface area (Å²) in [5.74, 6) is -0.776. The van der Waals surface area contributed by atoms with Gasteiger partial charge in [0.1, 0.15) is 0 Å². The summed E-state index contributed by atoms with van der Waals surface area (Å²) < 4.78 is 11.0. The van der Waals surface area contributed by atoms with Gasteiger partial charge < -0.3 is 19.2 Å². The van der Waals surface area contributed by atoms with Gasteiger partial charge in [-0.2, -0.15) is 0 Å². The summed E-state index contributed by atoms with van der Waals surface area (Å²) >= 11 is 0. The molecule has 2 heterocycles. The van der Waals surface area contributed by atoms with Crippen molar-refractivity contribution < 1.29 is 23.8 Å². The monoisotopic (exact) mass is 344 g/mol. The van der Waals surface area contributed by atoms with Crippen LogP contribution in [0.5, 0.6) is 0 Å². The highest BCUT2D eigenvalue weighted by Crippen LogP contribution is 2.28. The first-order valence-corrected chi connectivity index (χ1v) is 8.08. The van der Waals surface area contributed by atoms with E-state index in [-0.39, 0.29) is 24.2 Å². The predicted molar refractivity (Wildman–Crippen MR) is 89.2 cm³/mol. The number of hydrogen-bond acceptors (Lipinski definition) is 5. The molecule has 1 aromatic heterocycles. The number of amides is 1. The lowest BCUT2D eigenvalue weighted by Gasteiger charge is -2.22. The minimum absolute atomic E-state index is 0.121. The molecule has 2 aromatic rings. The fourth-order valence-corrected chi connectivity index (χ4v) is 3.12. The number of benzene rings is 1. The molecule has 0 saturated carbocycles. The van der Waals surface area contributed by atoms with Crippen LogP contribution in [0.25, 0.3) is 11.5 Å². The molecule has 1 fully saturated rings. The van der Waals surface area contributed by atoms with Gasteiger partial charge in [-0.15, -0.1) is 0 Å². The Morgan fingerprint density at radius 1 is 1.36 bits per heavy atom. The molecule has 132 valence electrons. The number of rotatable bonds is 5. The summed E-state index contributed by atoms with van der Waals surface area (Å²) in [5, 5.41) is 9.10. The third kappa shape index (κ3) is 3.56. The van der Waals surface area contributed by atoms with Crippen molar-refractivity contribution in [3.63, 3.8) is 0 Å². The highest BCUT2D eigenvalue weighted by atomic mass is 16.5. The first-order chi connectivity index (χ1) is 12.0. The van der Waals surface area contributed by atoms with Crippen LogP contribution in [0.1, 0.15) is 29.1 Å². The molecule has 1 amide bonds. The van der Waals surface area contributed by atoms with Crippen molar-refractivity contribution in [3.05, 3.63) is 41.8 Å². The third-order valence-corrected chi connectivity index (χ3v) is 4.39. The standard InChI is InChI=1S/C18H20N2O5/c1-11-16(25-17(19-11)12-6-4-3-5-7-12)18(23)20-10-14(24-2)8-13(20)9-15(21)22/h3-7,13-14H,8-10H2,1-2H3,(H,21,22). The van der Waals surface area contributed by atoms with E-state index in [1.54, 1.807) is 14.0 Å². The highest BCUT2D eigenvalue weighted by molar-refractivity contribution is 5.93. The Morgan fingerprint density at radius 3 is 2.72 bits per heavy atom. The largest absolute Gasteiger partial charge is 0.481 e. The molecule has 25 heavy (non-hydrogen) atoms. The zero-order valence-corrected chi connectivity index (χ0v) is 14.1. The van der Waals surface area contributed by atoms with E-state index in [2.05, 4.69) is 4.98 Å². The zero-order valence-electron chi connectivity index (χ0n) is 14.1. The number of methoxy groups -OCH3 is 1. The number of ether oxygens (including phenoxy) is 1. The van der Waals surface area contributed by atoms with Gasteiger partial charge >= 0.3 is 5.97 Å². The molecule has 1 aliphatic heterocycles. The van der Waals surface area contributed by atoms with Crippen molar-refractivity contribution in [2.75, 3.05) is 13.7 Å². The van der Waals surface area contributed by atoms with E-state index < -0.39 is 12.0 Å². The molecule has 7 heteroatoms. The predicted octanol–water partition coefficient (Wildman–Crippen LogP) is 2.35. The van der Waals surface area contributed by atoms with Crippen molar-refractivity contribution in [3.8, 4) is 11.5 Å². The van der Waals surface area contributed by atoms with Gasteiger partial charge in [0.25, 0.3) is 5.91 Å². The van der Waals surface area contributed by atoms with Gasteiger partial charge in [-0.3, -0.25) is 9.59 Å². The minimum atomic E-state index is -0.946. The van der Waals surface area contributed by atoms with Crippen molar-refractivity contribution in [2.45, 2.75) is 31.9 Å². The molecule has 1 N–H and O–H groups in total. The number of carboxylic acid groups (broad SMARTS) is 1. The van der Waals surface area contributed by atoms with E-state index in [4.69, 9.17) is 14.3 Å². The summed E-state index contributed by atoms with van der Waals surface area (Å²) in [6.45, 7) is 2.05. The van der Waals surface area contributed by atoms with Crippen LogP contribution in [0.2, 0.25) is 0 Å². The fraction of sp³-hybridized carbons (Fsp3) is 0.389. The number of carboxylic acids is 1.